The Morgan fingerprint density at radius 1 is 0.583 bits per heavy atom. The molecule has 0 saturated carbocycles. The quantitative estimate of drug-likeness (QED) is 0.143. The van der Waals surface area contributed by atoms with Gasteiger partial charge in [-0.15, -0.1) is 0 Å². The van der Waals surface area contributed by atoms with E-state index in [9.17, 15) is 60.7 Å². The van der Waals surface area contributed by atoms with Crippen molar-refractivity contribution in [3.63, 3.8) is 0 Å². The van der Waals surface area contributed by atoms with E-state index in [1.807, 2.05) is 0 Å². The summed E-state index contributed by atoms with van der Waals surface area (Å²) in [6, 6.07) is 10.1. The SMILES string of the molecule is COc1ccc(S(=O)(=O)c2ccc(Oc3ccc(C(c4ccc(C)cc4)(C(F)(F)F)C(F)(F)F)cc3)c(S(=O)(=O)O)c2)cc1S(=O)(=O)O. The van der Waals surface area contributed by atoms with Crippen LogP contribution in [0.3, 0.4) is 0 Å². The van der Waals surface area contributed by atoms with Crippen molar-refractivity contribution in [3.05, 3.63) is 102 Å². The zero-order valence-electron chi connectivity index (χ0n) is 24.2. The fourth-order valence-corrected chi connectivity index (χ4v) is 7.57. The molecular weight excluding hydrogens is 718 g/mol. The minimum atomic E-state index is -5.88. The number of sulfone groups is 1. The number of halogens is 6. The lowest BCUT2D eigenvalue weighted by atomic mass is 9.72. The van der Waals surface area contributed by atoms with E-state index < -0.39 is 95.8 Å². The lowest BCUT2D eigenvalue weighted by Crippen LogP contribution is -2.54. The highest BCUT2D eigenvalue weighted by molar-refractivity contribution is 7.91. The number of rotatable bonds is 9. The molecule has 258 valence electrons. The van der Waals surface area contributed by atoms with Crippen LogP contribution in [0, 0.1) is 6.92 Å². The highest BCUT2D eigenvalue weighted by Gasteiger charge is 2.72. The van der Waals surface area contributed by atoms with Crippen LogP contribution in [0.4, 0.5) is 26.3 Å². The molecule has 2 N–H and O–H groups in total. The third kappa shape index (κ3) is 6.73. The molecule has 4 aromatic carbocycles. The first-order chi connectivity index (χ1) is 21.9. The largest absolute Gasteiger partial charge is 0.495 e. The molecule has 0 spiro atoms. The van der Waals surface area contributed by atoms with Gasteiger partial charge in [0.15, 0.2) is 0 Å². The second-order valence-electron chi connectivity index (χ2n) is 10.1. The molecule has 0 saturated heterocycles. The predicted octanol–water partition coefficient (Wildman–Crippen LogP) is 6.53. The van der Waals surface area contributed by atoms with Crippen LogP contribution in [0.25, 0.3) is 0 Å². The number of methoxy groups -OCH3 is 1. The molecule has 0 aliphatic rings. The summed E-state index contributed by atoms with van der Waals surface area (Å²) >= 11 is 0. The highest BCUT2D eigenvalue weighted by Crippen LogP contribution is 2.56. The third-order valence-corrected chi connectivity index (χ3v) is 10.6. The molecule has 0 radical (unpaired) electrons. The zero-order valence-corrected chi connectivity index (χ0v) is 26.7. The van der Waals surface area contributed by atoms with Crippen molar-refractivity contribution in [2.75, 3.05) is 7.11 Å². The summed E-state index contributed by atoms with van der Waals surface area (Å²) in [4.78, 5) is -3.71. The molecule has 0 fully saturated rings. The number of alkyl halides is 6. The standard InChI is InChI=1S/C29H22F6O10S3/c1-17-3-5-18(6-4-17)27(28(30,31)32,29(33,34)35)19-7-9-20(10-8-19)45-24-14-12-22(16-26(24)48(41,42)43)46(36,37)21-11-13-23(44-2)25(15-21)47(38,39)40/h3-16H,1-2H3,(H,38,39,40)(H,41,42,43). The second kappa shape index (κ2) is 12.4. The smallest absolute Gasteiger partial charge is 0.411 e. The van der Waals surface area contributed by atoms with Crippen molar-refractivity contribution < 1.29 is 70.2 Å². The molecule has 0 aromatic heterocycles. The van der Waals surface area contributed by atoms with E-state index in [4.69, 9.17) is 9.47 Å². The van der Waals surface area contributed by atoms with Gasteiger partial charge in [0.2, 0.25) is 15.3 Å². The summed E-state index contributed by atoms with van der Waals surface area (Å²) in [5, 5.41) is 0. The second-order valence-corrected chi connectivity index (χ2v) is 14.8. The topological polar surface area (TPSA) is 161 Å². The first kappa shape index (κ1) is 36.7. The third-order valence-electron chi connectivity index (χ3n) is 7.08. The Morgan fingerprint density at radius 2 is 0.979 bits per heavy atom. The average molecular weight is 741 g/mol. The van der Waals surface area contributed by atoms with E-state index in [0.29, 0.717) is 54.1 Å². The summed E-state index contributed by atoms with van der Waals surface area (Å²) in [6.07, 6.45) is -11.8. The van der Waals surface area contributed by atoms with Crippen molar-refractivity contribution in [2.45, 2.75) is 44.3 Å². The lowest BCUT2D eigenvalue weighted by Gasteiger charge is -2.38. The average Bonchev–Trinajstić information content (AvgIpc) is 2.96. The minimum absolute atomic E-state index is 0.404. The molecule has 4 aromatic rings. The van der Waals surface area contributed by atoms with E-state index in [1.165, 1.54) is 6.92 Å². The number of aryl methyl sites for hydroxylation is 1. The van der Waals surface area contributed by atoms with Gasteiger partial charge in [-0.1, -0.05) is 42.0 Å². The Labute approximate surface area is 270 Å². The van der Waals surface area contributed by atoms with Gasteiger partial charge >= 0.3 is 12.4 Å². The van der Waals surface area contributed by atoms with Crippen LogP contribution in [0.5, 0.6) is 17.2 Å². The number of hydrogen-bond acceptors (Lipinski definition) is 8. The molecule has 0 aliphatic heterocycles. The Bertz CT molecular complexity index is 2170. The van der Waals surface area contributed by atoms with Gasteiger partial charge in [-0.05, 0) is 66.6 Å². The van der Waals surface area contributed by atoms with Crippen LogP contribution in [-0.4, -0.2) is 53.8 Å². The number of benzene rings is 4. The first-order valence-corrected chi connectivity index (χ1v) is 17.3. The molecule has 0 unspecified atom stereocenters. The van der Waals surface area contributed by atoms with E-state index >= 15 is 0 Å². The van der Waals surface area contributed by atoms with Gasteiger partial charge in [-0.3, -0.25) is 9.11 Å². The van der Waals surface area contributed by atoms with E-state index in [0.717, 1.165) is 43.5 Å². The molecule has 0 atom stereocenters. The van der Waals surface area contributed by atoms with Crippen molar-refractivity contribution >= 4 is 30.1 Å². The Hall–Kier alpha value is -4.17. The molecule has 0 heterocycles. The van der Waals surface area contributed by atoms with Gasteiger partial charge in [0, 0.05) is 0 Å². The van der Waals surface area contributed by atoms with E-state index in [-0.39, 0.29) is 0 Å². The number of hydrogen-bond donors (Lipinski definition) is 2. The maximum atomic E-state index is 14.4. The zero-order chi connectivity index (χ0) is 36.1. The number of ether oxygens (including phenoxy) is 2. The van der Waals surface area contributed by atoms with Crippen molar-refractivity contribution in [1.29, 1.82) is 0 Å². The summed E-state index contributed by atoms with van der Waals surface area (Å²) < 4.78 is 190. The van der Waals surface area contributed by atoms with Crippen LogP contribution >= 0.6 is 0 Å². The van der Waals surface area contributed by atoms with Gasteiger partial charge in [-0.25, -0.2) is 8.42 Å². The lowest BCUT2D eigenvalue weighted by molar-refractivity contribution is -0.288. The molecule has 10 nitrogen and oxygen atoms in total. The molecule has 48 heavy (non-hydrogen) atoms. The van der Waals surface area contributed by atoms with Crippen molar-refractivity contribution in [2.24, 2.45) is 0 Å². The van der Waals surface area contributed by atoms with Gasteiger partial charge in [0.1, 0.15) is 27.0 Å². The van der Waals surface area contributed by atoms with E-state index in [2.05, 4.69) is 0 Å². The maximum Gasteiger partial charge on any atom is 0.411 e. The molecule has 0 amide bonds. The van der Waals surface area contributed by atoms with Gasteiger partial charge in [0.25, 0.3) is 20.2 Å². The van der Waals surface area contributed by atoms with E-state index in [1.54, 1.807) is 0 Å². The molecule has 19 heteroatoms. The fraction of sp³-hybridized carbons (Fsp3) is 0.172. The van der Waals surface area contributed by atoms with Crippen LogP contribution in [0.2, 0.25) is 0 Å². The normalized spacial score (nSPS) is 13.3. The van der Waals surface area contributed by atoms with Gasteiger partial charge in [0.05, 0.1) is 16.9 Å². The van der Waals surface area contributed by atoms with Crippen LogP contribution in [0.1, 0.15) is 16.7 Å². The summed E-state index contributed by atoms with van der Waals surface area (Å²) in [7, 11) is -14.0. The Kier molecular flexibility index (Phi) is 9.45. The Morgan fingerprint density at radius 3 is 1.38 bits per heavy atom. The summed E-state index contributed by atoms with van der Waals surface area (Å²) in [5.74, 6) is -1.71. The van der Waals surface area contributed by atoms with Crippen molar-refractivity contribution in [3.8, 4) is 17.2 Å². The van der Waals surface area contributed by atoms with Gasteiger partial charge in [-0.2, -0.15) is 43.2 Å². The fourth-order valence-electron chi connectivity index (χ4n) is 4.79. The molecular formula is C29H22F6O10S3. The minimum Gasteiger partial charge on any atom is -0.495 e. The van der Waals surface area contributed by atoms with Crippen LogP contribution in [-0.2, 0) is 35.5 Å². The monoisotopic (exact) mass is 740 g/mol. The predicted molar refractivity (Wildman–Crippen MR) is 155 cm³/mol. The summed E-state index contributed by atoms with van der Waals surface area (Å²) in [6.45, 7) is 1.47. The molecule has 4 rings (SSSR count). The van der Waals surface area contributed by atoms with Crippen LogP contribution < -0.4 is 9.47 Å². The van der Waals surface area contributed by atoms with Crippen molar-refractivity contribution in [1.82, 2.24) is 0 Å². The van der Waals surface area contributed by atoms with Gasteiger partial charge < -0.3 is 9.47 Å². The van der Waals surface area contributed by atoms with Crippen LogP contribution in [0.15, 0.2) is 105 Å². The highest BCUT2D eigenvalue weighted by atomic mass is 32.2. The Balaban J connectivity index is 1.79. The maximum absolute atomic E-state index is 14.4. The molecule has 0 bridgehead atoms. The first-order valence-electron chi connectivity index (χ1n) is 13.0. The molecule has 0 aliphatic carbocycles. The summed E-state index contributed by atoms with van der Waals surface area (Å²) in [5.41, 5.74) is -6.44.